The summed E-state index contributed by atoms with van der Waals surface area (Å²) in [6.45, 7) is 1.69. The Bertz CT molecular complexity index is 1230. The third-order valence-corrected chi connectivity index (χ3v) is 4.46. The maximum absolute atomic E-state index is 12.7. The van der Waals surface area contributed by atoms with Gasteiger partial charge in [0.25, 0.3) is 5.56 Å². The van der Waals surface area contributed by atoms with Crippen molar-refractivity contribution in [1.29, 1.82) is 0 Å². The van der Waals surface area contributed by atoms with Crippen LogP contribution in [0.15, 0.2) is 59.7 Å². The van der Waals surface area contributed by atoms with E-state index in [0.717, 1.165) is 11.3 Å². The molecule has 0 aliphatic carbocycles. The third kappa shape index (κ3) is 3.37. The van der Waals surface area contributed by atoms with Crippen molar-refractivity contribution in [1.82, 2.24) is 24.5 Å². The quantitative estimate of drug-likeness (QED) is 0.574. The highest BCUT2D eigenvalue weighted by molar-refractivity contribution is 6.33. The number of nitrogens with one attached hydrogen (secondary N) is 1. The van der Waals surface area contributed by atoms with E-state index in [-0.39, 0.29) is 12.1 Å². The van der Waals surface area contributed by atoms with Crippen molar-refractivity contribution in [2.24, 2.45) is 0 Å². The summed E-state index contributed by atoms with van der Waals surface area (Å²) in [5.41, 5.74) is 2.17. The van der Waals surface area contributed by atoms with Crippen LogP contribution in [0.4, 0.5) is 5.69 Å². The molecule has 0 aliphatic rings. The summed E-state index contributed by atoms with van der Waals surface area (Å²) in [6.07, 6.45) is 1.31. The number of carbonyl (C=O) groups is 1. The van der Waals surface area contributed by atoms with Crippen molar-refractivity contribution >= 4 is 34.4 Å². The van der Waals surface area contributed by atoms with Crippen molar-refractivity contribution < 1.29 is 4.79 Å². The number of para-hydroxylation sites is 1. The Labute approximate surface area is 164 Å². The molecule has 0 unspecified atom stereocenters. The molecule has 0 fully saturated rings. The third-order valence-electron chi connectivity index (χ3n) is 4.14. The summed E-state index contributed by atoms with van der Waals surface area (Å²) in [7, 11) is 0. The predicted molar refractivity (Wildman–Crippen MR) is 106 cm³/mol. The first kappa shape index (κ1) is 17.9. The number of carbonyl (C=O) groups excluding carboxylic acids is 1. The van der Waals surface area contributed by atoms with Crippen molar-refractivity contribution in [2.45, 2.75) is 13.5 Å². The Hall–Kier alpha value is -3.52. The van der Waals surface area contributed by atoms with Gasteiger partial charge in [-0.1, -0.05) is 41.1 Å². The number of halogens is 1. The van der Waals surface area contributed by atoms with Gasteiger partial charge in [-0.15, -0.1) is 5.10 Å². The molecule has 9 heteroatoms. The molecule has 0 spiro atoms. The number of rotatable bonds is 4. The molecule has 0 saturated carbocycles. The molecular formula is C19H15ClN6O2. The molecule has 8 nitrogen and oxygen atoms in total. The van der Waals surface area contributed by atoms with E-state index in [1.165, 1.54) is 15.6 Å². The number of aromatic nitrogens is 5. The zero-order valence-corrected chi connectivity index (χ0v) is 15.6. The van der Waals surface area contributed by atoms with Crippen LogP contribution >= 0.6 is 11.6 Å². The van der Waals surface area contributed by atoms with Gasteiger partial charge in [0.2, 0.25) is 5.91 Å². The lowest BCUT2D eigenvalue weighted by Crippen LogP contribution is -2.28. The molecule has 0 radical (unpaired) electrons. The molecule has 140 valence electrons. The van der Waals surface area contributed by atoms with E-state index in [1.54, 1.807) is 12.1 Å². The van der Waals surface area contributed by atoms with Crippen molar-refractivity contribution in [3.05, 3.63) is 75.8 Å². The van der Waals surface area contributed by atoms with E-state index in [4.69, 9.17) is 11.6 Å². The van der Waals surface area contributed by atoms with Crippen molar-refractivity contribution in [2.75, 3.05) is 5.32 Å². The molecule has 2 aromatic carbocycles. The Morgan fingerprint density at radius 3 is 2.71 bits per heavy atom. The van der Waals surface area contributed by atoms with Gasteiger partial charge in [0.15, 0.2) is 11.2 Å². The van der Waals surface area contributed by atoms with Gasteiger partial charge in [-0.2, -0.15) is 4.68 Å². The second kappa shape index (κ2) is 7.24. The van der Waals surface area contributed by atoms with Crippen LogP contribution in [-0.4, -0.2) is 30.5 Å². The molecule has 28 heavy (non-hydrogen) atoms. The minimum atomic E-state index is -0.447. The molecule has 0 bridgehead atoms. The zero-order valence-electron chi connectivity index (χ0n) is 14.8. The smallest absolute Gasteiger partial charge is 0.284 e. The highest BCUT2D eigenvalue weighted by Crippen LogP contribution is 2.22. The number of fused-ring (bicyclic) bond motifs is 1. The number of amides is 1. The zero-order chi connectivity index (χ0) is 19.7. The largest absolute Gasteiger partial charge is 0.323 e. The Morgan fingerprint density at radius 2 is 1.96 bits per heavy atom. The number of anilines is 1. The van der Waals surface area contributed by atoms with Crippen LogP contribution in [0, 0.1) is 6.92 Å². The van der Waals surface area contributed by atoms with Crippen molar-refractivity contribution in [3.8, 4) is 5.69 Å². The molecule has 0 saturated heterocycles. The minimum absolute atomic E-state index is 0.0903. The minimum Gasteiger partial charge on any atom is -0.323 e. The second-order valence-electron chi connectivity index (χ2n) is 6.22. The first-order chi connectivity index (χ1) is 13.5. The predicted octanol–water partition coefficient (Wildman–Crippen LogP) is 2.58. The van der Waals surface area contributed by atoms with E-state index in [0.29, 0.717) is 16.4 Å². The van der Waals surface area contributed by atoms with Crippen LogP contribution in [0.25, 0.3) is 16.9 Å². The molecule has 0 aliphatic heterocycles. The van der Waals surface area contributed by atoms with Gasteiger partial charge < -0.3 is 5.32 Å². The Kier molecular flexibility index (Phi) is 4.62. The van der Waals surface area contributed by atoms with Gasteiger partial charge in [0.05, 0.1) is 16.4 Å². The standard InChI is InChI=1S/C19H15ClN6O2/c1-12-7-8-15(14(20)9-12)22-16(27)10-25-11-21-18-17(19(25)28)23-24-26(18)13-5-3-2-4-6-13/h2-9,11H,10H2,1H3,(H,22,27). The van der Waals surface area contributed by atoms with Crippen LogP contribution in [-0.2, 0) is 11.3 Å². The van der Waals surface area contributed by atoms with E-state index in [1.807, 2.05) is 43.3 Å². The summed E-state index contributed by atoms with van der Waals surface area (Å²) in [5.74, 6) is -0.399. The summed E-state index contributed by atoms with van der Waals surface area (Å²) in [5, 5.41) is 11.1. The highest BCUT2D eigenvalue weighted by atomic mass is 35.5. The molecular weight excluding hydrogens is 380 g/mol. The fourth-order valence-electron chi connectivity index (χ4n) is 2.77. The topological polar surface area (TPSA) is 94.7 Å². The monoisotopic (exact) mass is 394 g/mol. The average Bonchev–Trinajstić information content (AvgIpc) is 3.12. The number of hydrogen-bond donors (Lipinski definition) is 1. The number of aryl methyl sites for hydroxylation is 1. The molecule has 1 amide bonds. The van der Waals surface area contributed by atoms with Crippen LogP contribution < -0.4 is 10.9 Å². The van der Waals surface area contributed by atoms with Gasteiger partial charge in [-0.05, 0) is 36.8 Å². The Balaban J connectivity index is 1.60. The van der Waals surface area contributed by atoms with E-state index in [9.17, 15) is 9.59 Å². The van der Waals surface area contributed by atoms with Gasteiger partial charge in [-0.3, -0.25) is 14.2 Å². The molecule has 1 N–H and O–H groups in total. The normalized spacial score (nSPS) is 10.9. The van der Waals surface area contributed by atoms with E-state index < -0.39 is 11.5 Å². The van der Waals surface area contributed by atoms with Gasteiger partial charge in [0.1, 0.15) is 12.9 Å². The maximum Gasteiger partial charge on any atom is 0.284 e. The van der Waals surface area contributed by atoms with Gasteiger partial charge in [0, 0.05) is 0 Å². The molecule has 2 aromatic heterocycles. The van der Waals surface area contributed by atoms with Crippen LogP contribution in [0.2, 0.25) is 5.02 Å². The highest BCUT2D eigenvalue weighted by Gasteiger charge is 2.15. The van der Waals surface area contributed by atoms with Gasteiger partial charge >= 0.3 is 0 Å². The lowest BCUT2D eigenvalue weighted by molar-refractivity contribution is -0.116. The van der Waals surface area contributed by atoms with Crippen LogP contribution in [0.1, 0.15) is 5.56 Å². The molecule has 0 atom stereocenters. The SMILES string of the molecule is Cc1ccc(NC(=O)Cn2cnc3c(nnn3-c3ccccc3)c2=O)c(Cl)c1. The lowest BCUT2D eigenvalue weighted by atomic mass is 10.2. The lowest BCUT2D eigenvalue weighted by Gasteiger charge is -2.09. The molecule has 4 rings (SSSR count). The van der Waals surface area contributed by atoms with Gasteiger partial charge in [-0.25, -0.2) is 4.98 Å². The molecule has 2 heterocycles. The number of benzene rings is 2. The first-order valence-corrected chi connectivity index (χ1v) is 8.83. The summed E-state index contributed by atoms with van der Waals surface area (Å²) in [6, 6.07) is 14.5. The van der Waals surface area contributed by atoms with E-state index >= 15 is 0 Å². The summed E-state index contributed by atoms with van der Waals surface area (Å²) < 4.78 is 2.66. The van der Waals surface area contributed by atoms with Crippen LogP contribution in [0.3, 0.4) is 0 Å². The fraction of sp³-hybridized carbons (Fsp3) is 0.105. The number of hydrogen-bond acceptors (Lipinski definition) is 5. The Morgan fingerprint density at radius 1 is 1.18 bits per heavy atom. The van der Waals surface area contributed by atoms with Crippen LogP contribution in [0.5, 0.6) is 0 Å². The fourth-order valence-corrected chi connectivity index (χ4v) is 3.05. The van der Waals surface area contributed by atoms with E-state index in [2.05, 4.69) is 20.6 Å². The number of nitrogens with zero attached hydrogens (tertiary/aromatic N) is 5. The van der Waals surface area contributed by atoms with Crippen molar-refractivity contribution in [3.63, 3.8) is 0 Å². The maximum atomic E-state index is 12.7. The second-order valence-corrected chi connectivity index (χ2v) is 6.63. The summed E-state index contributed by atoms with van der Waals surface area (Å²) >= 11 is 6.13. The molecule has 4 aromatic rings. The first-order valence-electron chi connectivity index (χ1n) is 8.45. The average molecular weight is 395 g/mol. The summed E-state index contributed by atoms with van der Waals surface area (Å²) in [4.78, 5) is 29.3.